The first-order valence-corrected chi connectivity index (χ1v) is 8.41. The predicted molar refractivity (Wildman–Crippen MR) is 78.8 cm³/mol. The van der Waals surface area contributed by atoms with Gasteiger partial charge in [0.15, 0.2) is 0 Å². The van der Waals surface area contributed by atoms with E-state index in [0.29, 0.717) is 6.54 Å². The van der Waals surface area contributed by atoms with E-state index in [1.165, 1.54) is 11.1 Å². The van der Waals surface area contributed by atoms with Gasteiger partial charge in [-0.3, -0.25) is 0 Å². The molecule has 0 aromatic heterocycles. The molecule has 0 unspecified atom stereocenters. The van der Waals surface area contributed by atoms with Crippen molar-refractivity contribution < 1.29 is 8.42 Å². The number of hydrogen-bond donors (Lipinski definition) is 1. The second-order valence-electron chi connectivity index (χ2n) is 6.34. The van der Waals surface area contributed by atoms with Gasteiger partial charge >= 0.3 is 0 Å². The number of sulfonamides is 1. The molecule has 0 radical (unpaired) electrons. The molecule has 0 aliphatic heterocycles. The van der Waals surface area contributed by atoms with Crippen LogP contribution in [0.2, 0.25) is 0 Å². The van der Waals surface area contributed by atoms with Gasteiger partial charge < -0.3 is 0 Å². The summed E-state index contributed by atoms with van der Waals surface area (Å²) in [6.45, 7) is 7.05. The van der Waals surface area contributed by atoms with Crippen LogP contribution in [-0.2, 0) is 21.9 Å². The van der Waals surface area contributed by atoms with Crippen molar-refractivity contribution >= 4 is 10.0 Å². The van der Waals surface area contributed by atoms with Crippen molar-refractivity contribution in [2.45, 2.75) is 50.7 Å². The van der Waals surface area contributed by atoms with E-state index in [2.05, 4.69) is 49.8 Å². The second kappa shape index (κ2) is 5.25. The average molecular weight is 281 g/mol. The van der Waals surface area contributed by atoms with Crippen LogP contribution in [0.15, 0.2) is 24.3 Å². The molecule has 0 amide bonds. The smallest absolute Gasteiger partial charge is 0.214 e. The van der Waals surface area contributed by atoms with Crippen LogP contribution in [-0.4, -0.2) is 20.2 Å². The molecule has 1 saturated carbocycles. The minimum atomic E-state index is -3.04. The van der Waals surface area contributed by atoms with Crippen LogP contribution in [0.25, 0.3) is 0 Å². The number of rotatable bonds is 5. The summed E-state index contributed by atoms with van der Waals surface area (Å²) in [5, 5.41) is -0.129. The molecule has 0 saturated heterocycles. The first-order valence-electron chi connectivity index (χ1n) is 6.87. The Hall–Kier alpha value is -0.870. The maximum Gasteiger partial charge on any atom is 0.214 e. The highest BCUT2D eigenvalue weighted by molar-refractivity contribution is 7.90. The maximum absolute atomic E-state index is 11.7. The van der Waals surface area contributed by atoms with Crippen LogP contribution in [0.3, 0.4) is 0 Å². The van der Waals surface area contributed by atoms with Crippen LogP contribution in [0, 0.1) is 0 Å². The van der Waals surface area contributed by atoms with E-state index < -0.39 is 10.0 Å². The summed E-state index contributed by atoms with van der Waals surface area (Å²) in [7, 11) is -3.04. The second-order valence-corrected chi connectivity index (χ2v) is 8.38. The third kappa shape index (κ3) is 4.05. The lowest BCUT2D eigenvalue weighted by Crippen LogP contribution is -2.29. The zero-order valence-corrected chi connectivity index (χ0v) is 12.8. The zero-order valence-electron chi connectivity index (χ0n) is 11.9. The normalized spacial score (nSPS) is 16.6. The molecule has 106 valence electrons. The van der Waals surface area contributed by atoms with E-state index in [4.69, 9.17) is 0 Å². The summed E-state index contributed by atoms with van der Waals surface area (Å²) >= 11 is 0. The highest BCUT2D eigenvalue weighted by Crippen LogP contribution is 2.27. The molecule has 3 nitrogen and oxygen atoms in total. The summed E-state index contributed by atoms with van der Waals surface area (Å²) in [6, 6.07) is 8.44. The summed E-state index contributed by atoms with van der Waals surface area (Å²) < 4.78 is 26.0. The van der Waals surface area contributed by atoms with Crippen molar-refractivity contribution in [3.63, 3.8) is 0 Å². The van der Waals surface area contributed by atoms with Crippen LogP contribution >= 0.6 is 0 Å². The lowest BCUT2D eigenvalue weighted by atomic mass is 9.86. The molecule has 19 heavy (non-hydrogen) atoms. The number of nitrogens with one attached hydrogen (secondary N) is 1. The Morgan fingerprint density at radius 3 is 2.21 bits per heavy atom. The van der Waals surface area contributed by atoms with Gasteiger partial charge in [0, 0.05) is 6.54 Å². The van der Waals surface area contributed by atoms with Gasteiger partial charge in [-0.15, -0.1) is 0 Å². The highest BCUT2D eigenvalue weighted by Gasteiger charge is 2.35. The van der Waals surface area contributed by atoms with Crippen molar-refractivity contribution in [1.29, 1.82) is 0 Å². The summed E-state index contributed by atoms with van der Waals surface area (Å²) in [5.74, 6) is 0. The van der Waals surface area contributed by atoms with Crippen LogP contribution in [0.1, 0.15) is 44.7 Å². The van der Waals surface area contributed by atoms with Gasteiger partial charge in [-0.2, -0.15) is 0 Å². The molecule has 1 N–H and O–H groups in total. The molecule has 1 fully saturated rings. The van der Waals surface area contributed by atoms with E-state index in [0.717, 1.165) is 19.3 Å². The lowest BCUT2D eigenvalue weighted by Gasteiger charge is -2.19. The minimum Gasteiger partial charge on any atom is -0.215 e. The zero-order chi connectivity index (χ0) is 14.1. The summed E-state index contributed by atoms with van der Waals surface area (Å²) in [5.41, 5.74) is 2.63. The molecule has 0 heterocycles. The largest absolute Gasteiger partial charge is 0.215 e. The number of benzene rings is 1. The average Bonchev–Trinajstić information content (AvgIpc) is 3.12. The Labute approximate surface area is 116 Å². The van der Waals surface area contributed by atoms with Gasteiger partial charge in [-0.1, -0.05) is 45.0 Å². The topological polar surface area (TPSA) is 46.2 Å². The van der Waals surface area contributed by atoms with Crippen molar-refractivity contribution in [2.24, 2.45) is 0 Å². The van der Waals surface area contributed by atoms with Crippen LogP contribution in [0.5, 0.6) is 0 Å². The van der Waals surface area contributed by atoms with Gasteiger partial charge in [-0.25, -0.2) is 13.1 Å². The van der Waals surface area contributed by atoms with E-state index >= 15 is 0 Å². The fourth-order valence-electron chi connectivity index (χ4n) is 2.01. The lowest BCUT2D eigenvalue weighted by molar-refractivity contribution is 0.580. The van der Waals surface area contributed by atoms with Crippen LogP contribution < -0.4 is 4.72 Å². The van der Waals surface area contributed by atoms with Gasteiger partial charge in [-0.05, 0) is 35.8 Å². The van der Waals surface area contributed by atoms with Crippen LogP contribution in [0.4, 0.5) is 0 Å². The summed E-state index contributed by atoms with van der Waals surface area (Å²) in [4.78, 5) is 0. The fraction of sp³-hybridized carbons (Fsp3) is 0.600. The Bertz CT molecular complexity index is 522. The van der Waals surface area contributed by atoms with E-state index in [1.54, 1.807) is 0 Å². The van der Waals surface area contributed by atoms with Crippen molar-refractivity contribution in [3.05, 3.63) is 35.4 Å². The molecule has 1 aliphatic rings. The SMILES string of the molecule is CC(C)(C)c1ccc(CCNS(=O)(=O)C2CC2)cc1. The van der Waals surface area contributed by atoms with Gasteiger partial charge in [0.1, 0.15) is 0 Å². The molecule has 1 aliphatic carbocycles. The molecule has 1 aromatic rings. The van der Waals surface area contributed by atoms with E-state index in [9.17, 15) is 8.42 Å². The first kappa shape index (κ1) is 14.5. The molecule has 0 bridgehead atoms. The third-order valence-electron chi connectivity index (χ3n) is 3.50. The van der Waals surface area contributed by atoms with Gasteiger partial charge in [0.05, 0.1) is 5.25 Å². The molecule has 2 rings (SSSR count). The highest BCUT2D eigenvalue weighted by atomic mass is 32.2. The first-order chi connectivity index (χ1) is 8.79. The van der Waals surface area contributed by atoms with Crippen molar-refractivity contribution in [1.82, 2.24) is 4.72 Å². The predicted octanol–water partition coefficient (Wildman–Crippen LogP) is 2.61. The molecular formula is C15H23NO2S. The van der Waals surface area contributed by atoms with E-state index in [1.807, 2.05) is 0 Å². The number of hydrogen-bond acceptors (Lipinski definition) is 2. The fourth-order valence-corrected chi connectivity index (χ4v) is 3.38. The third-order valence-corrected chi connectivity index (χ3v) is 5.46. The molecule has 0 atom stereocenters. The van der Waals surface area contributed by atoms with Gasteiger partial charge in [0.25, 0.3) is 0 Å². The molecule has 4 heteroatoms. The molecular weight excluding hydrogens is 258 g/mol. The van der Waals surface area contributed by atoms with Crippen molar-refractivity contribution in [3.8, 4) is 0 Å². The Morgan fingerprint density at radius 1 is 1.16 bits per heavy atom. The molecule has 0 spiro atoms. The van der Waals surface area contributed by atoms with Crippen molar-refractivity contribution in [2.75, 3.05) is 6.54 Å². The monoisotopic (exact) mass is 281 g/mol. The minimum absolute atomic E-state index is 0.129. The maximum atomic E-state index is 11.7. The quantitative estimate of drug-likeness (QED) is 0.901. The summed E-state index contributed by atoms with van der Waals surface area (Å²) in [6.07, 6.45) is 2.38. The van der Waals surface area contributed by atoms with Gasteiger partial charge in [0.2, 0.25) is 10.0 Å². The van der Waals surface area contributed by atoms with E-state index in [-0.39, 0.29) is 10.7 Å². The molecule has 1 aromatic carbocycles. The standard InChI is InChI=1S/C15H23NO2S/c1-15(2,3)13-6-4-12(5-7-13)10-11-16-19(17,18)14-8-9-14/h4-7,14,16H,8-11H2,1-3H3. The Balaban J connectivity index is 1.87. The Morgan fingerprint density at radius 2 is 1.74 bits per heavy atom. The Kier molecular flexibility index (Phi) is 4.02.